The third kappa shape index (κ3) is 2.21. The molecule has 130 valence electrons. The summed E-state index contributed by atoms with van der Waals surface area (Å²) in [6.07, 6.45) is 5.18. The maximum Gasteiger partial charge on any atom is 0.301 e. The minimum absolute atomic E-state index is 0.00191. The van der Waals surface area contributed by atoms with Crippen LogP contribution in [-0.4, -0.2) is 42.5 Å². The molecular weight excluding hydrogens is 316 g/mol. The summed E-state index contributed by atoms with van der Waals surface area (Å²) in [7, 11) is 1.67. The first kappa shape index (κ1) is 15.5. The first-order valence-electron chi connectivity index (χ1n) is 8.27. The van der Waals surface area contributed by atoms with E-state index in [1.54, 1.807) is 18.0 Å². The number of carbonyl (C=O) groups excluding carboxylic acids is 1. The number of hydrogen-bond donors (Lipinski definition) is 2. The number of alkyl halides is 2. The molecule has 5 nitrogen and oxygen atoms in total. The van der Waals surface area contributed by atoms with Crippen LogP contribution < -0.4 is 11.1 Å². The predicted molar refractivity (Wildman–Crippen MR) is 83.6 cm³/mol. The van der Waals surface area contributed by atoms with Crippen molar-refractivity contribution < 1.29 is 18.3 Å². The first-order valence-corrected chi connectivity index (χ1v) is 8.27. The van der Waals surface area contributed by atoms with Gasteiger partial charge in [-0.2, -0.15) is 0 Å². The van der Waals surface area contributed by atoms with Crippen LogP contribution in [0.25, 0.3) is 0 Å². The molecule has 2 aliphatic carbocycles. The lowest BCUT2D eigenvalue weighted by Gasteiger charge is -2.41. The molecule has 3 N–H and O–H groups in total. The van der Waals surface area contributed by atoms with Crippen LogP contribution in [0.1, 0.15) is 19.8 Å². The predicted octanol–water partition coefficient (Wildman–Crippen LogP) is 1.49. The Kier molecular flexibility index (Phi) is 3.21. The number of amides is 1. The summed E-state index contributed by atoms with van der Waals surface area (Å²) in [4.78, 5) is 14.2. The maximum absolute atomic E-state index is 14.5. The third-order valence-electron chi connectivity index (χ3n) is 5.30. The van der Waals surface area contributed by atoms with Crippen molar-refractivity contribution in [1.29, 1.82) is 0 Å². The van der Waals surface area contributed by atoms with Crippen LogP contribution >= 0.6 is 0 Å². The highest BCUT2D eigenvalue weighted by Gasteiger charge is 2.53. The third-order valence-corrected chi connectivity index (χ3v) is 5.30. The van der Waals surface area contributed by atoms with Gasteiger partial charge in [0.05, 0.1) is 17.8 Å². The van der Waals surface area contributed by atoms with Crippen LogP contribution in [0.2, 0.25) is 0 Å². The van der Waals surface area contributed by atoms with Crippen molar-refractivity contribution in [2.24, 2.45) is 17.6 Å². The minimum atomic E-state index is -3.02. The standard InChI is InChI=1S/C17H21F2N3O2/c1-8-5-10(20)6-11-12-14(16(23)22(2)13(8)11)24-7-17(18,19)15(21-12)9-3-4-9/h5-6,8-9,13,15,21H,3-4,7,20H2,1-2H3. The van der Waals surface area contributed by atoms with E-state index in [0.717, 1.165) is 18.4 Å². The number of fused-ring (bicyclic) bond motifs is 2. The topological polar surface area (TPSA) is 67.6 Å². The van der Waals surface area contributed by atoms with Crippen molar-refractivity contribution in [1.82, 2.24) is 10.2 Å². The molecule has 0 radical (unpaired) electrons. The number of rotatable bonds is 1. The van der Waals surface area contributed by atoms with E-state index in [9.17, 15) is 13.6 Å². The highest BCUT2D eigenvalue weighted by molar-refractivity contribution is 5.95. The Balaban J connectivity index is 1.82. The molecule has 0 aromatic carbocycles. The summed E-state index contributed by atoms with van der Waals surface area (Å²) < 4.78 is 34.2. The zero-order valence-electron chi connectivity index (χ0n) is 13.7. The van der Waals surface area contributed by atoms with E-state index in [4.69, 9.17) is 10.5 Å². The number of nitrogens with zero attached hydrogens (tertiary/aromatic N) is 1. The van der Waals surface area contributed by atoms with Gasteiger partial charge in [-0.25, -0.2) is 8.78 Å². The Morgan fingerprint density at radius 1 is 1.42 bits per heavy atom. The fourth-order valence-electron chi connectivity index (χ4n) is 3.99. The quantitative estimate of drug-likeness (QED) is 0.761. The van der Waals surface area contributed by atoms with Crippen LogP contribution in [0, 0.1) is 11.8 Å². The van der Waals surface area contributed by atoms with Gasteiger partial charge in [-0.05, 0) is 24.8 Å². The number of nitrogens with one attached hydrogen (secondary N) is 1. The van der Waals surface area contributed by atoms with E-state index >= 15 is 0 Å². The van der Waals surface area contributed by atoms with Crippen LogP contribution in [0.5, 0.6) is 0 Å². The molecule has 0 aromatic heterocycles. The number of halogens is 2. The summed E-state index contributed by atoms with van der Waals surface area (Å²) in [6, 6.07) is -1.24. The van der Waals surface area contributed by atoms with E-state index in [1.807, 2.05) is 13.0 Å². The lowest BCUT2D eigenvalue weighted by molar-refractivity contribution is -0.135. The molecule has 4 rings (SSSR count). The van der Waals surface area contributed by atoms with Gasteiger partial charge < -0.3 is 20.7 Å². The van der Waals surface area contributed by atoms with Gasteiger partial charge in [0.15, 0.2) is 6.61 Å². The highest BCUT2D eigenvalue weighted by Crippen LogP contribution is 2.44. The lowest BCUT2D eigenvalue weighted by atomic mass is 9.83. The molecule has 2 heterocycles. The molecule has 2 aliphatic heterocycles. The van der Waals surface area contributed by atoms with Gasteiger partial charge in [0.2, 0.25) is 5.76 Å². The van der Waals surface area contributed by atoms with Gasteiger partial charge in [-0.3, -0.25) is 4.79 Å². The fraction of sp³-hybridized carbons (Fsp3) is 0.588. The normalized spacial score (nSPS) is 35.1. The van der Waals surface area contributed by atoms with Crippen molar-refractivity contribution in [2.75, 3.05) is 13.7 Å². The van der Waals surface area contributed by atoms with Crippen LogP contribution in [-0.2, 0) is 9.53 Å². The zero-order chi connectivity index (χ0) is 17.2. The molecular formula is C17H21F2N3O2. The molecule has 0 bridgehead atoms. The number of nitrogens with two attached hydrogens (primary N) is 1. The second kappa shape index (κ2) is 4.97. The maximum atomic E-state index is 14.5. The molecule has 24 heavy (non-hydrogen) atoms. The van der Waals surface area contributed by atoms with E-state index in [2.05, 4.69) is 5.32 Å². The van der Waals surface area contributed by atoms with E-state index < -0.39 is 18.6 Å². The lowest BCUT2D eigenvalue weighted by Crippen LogP contribution is -2.52. The Morgan fingerprint density at radius 2 is 2.12 bits per heavy atom. The summed E-state index contributed by atoms with van der Waals surface area (Å²) >= 11 is 0. The smallest absolute Gasteiger partial charge is 0.301 e. The average molecular weight is 337 g/mol. The van der Waals surface area contributed by atoms with Gasteiger partial charge in [0.1, 0.15) is 0 Å². The van der Waals surface area contributed by atoms with Gasteiger partial charge >= 0.3 is 5.92 Å². The largest absolute Gasteiger partial charge is 0.480 e. The molecule has 0 saturated heterocycles. The van der Waals surface area contributed by atoms with Gasteiger partial charge in [-0.1, -0.05) is 13.0 Å². The number of likely N-dealkylation sites (N-methyl/N-ethyl adjacent to an activating group) is 1. The second-order valence-electron chi connectivity index (χ2n) is 7.20. The Morgan fingerprint density at radius 3 is 2.79 bits per heavy atom. The Bertz CT molecular complexity index is 694. The van der Waals surface area contributed by atoms with Crippen LogP contribution in [0.15, 0.2) is 34.9 Å². The summed E-state index contributed by atoms with van der Waals surface area (Å²) in [6.45, 7) is 1.18. The Hall–Kier alpha value is -2.05. The molecule has 4 aliphatic rings. The second-order valence-corrected chi connectivity index (χ2v) is 7.20. The van der Waals surface area contributed by atoms with Crippen molar-refractivity contribution in [3.8, 4) is 0 Å². The van der Waals surface area contributed by atoms with Crippen molar-refractivity contribution >= 4 is 5.91 Å². The van der Waals surface area contributed by atoms with Crippen molar-refractivity contribution in [3.63, 3.8) is 0 Å². The van der Waals surface area contributed by atoms with E-state index in [1.165, 1.54) is 0 Å². The molecule has 3 atom stereocenters. The molecule has 0 spiro atoms. The van der Waals surface area contributed by atoms with Crippen molar-refractivity contribution in [2.45, 2.75) is 37.8 Å². The van der Waals surface area contributed by atoms with Crippen molar-refractivity contribution in [3.05, 3.63) is 34.9 Å². The molecule has 1 saturated carbocycles. The Labute approximate surface area is 139 Å². The van der Waals surface area contributed by atoms with Crippen LogP contribution in [0.3, 0.4) is 0 Å². The number of hydrogen-bond acceptors (Lipinski definition) is 4. The number of ether oxygens (including phenoxy) is 1. The van der Waals surface area contributed by atoms with Gasteiger partial charge in [0, 0.05) is 24.2 Å². The van der Waals surface area contributed by atoms with Gasteiger partial charge in [0.25, 0.3) is 5.91 Å². The van der Waals surface area contributed by atoms with E-state index in [0.29, 0.717) is 11.4 Å². The van der Waals surface area contributed by atoms with E-state index in [-0.39, 0.29) is 29.5 Å². The molecule has 0 aromatic rings. The SMILES string of the molecule is CC1C=C(N)C=C2C3=C(OCC(F)(F)C(C4CC4)N3)C(=O)N(C)C21. The summed E-state index contributed by atoms with van der Waals surface area (Å²) in [5, 5.41) is 2.97. The fourth-order valence-corrected chi connectivity index (χ4v) is 3.99. The number of carbonyl (C=O) groups is 1. The molecule has 1 fully saturated rings. The number of allylic oxidation sites excluding steroid dienone is 1. The summed E-state index contributed by atoms with van der Waals surface area (Å²) in [5.41, 5.74) is 7.69. The monoisotopic (exact) mass is 337 g/mol. The average Bonchev–Trinajstić information content (AvgIpc) is 3.31. The minimum Gasteiger partial charge on any atom is -0.480 e. The highest BCUT2D eigenvalue weighted by atomic mass is 19.3. The molecule has 7 heteroatoms. The molecule has 1 amide bonds. The van der Waals surface area contributed by atoms with Crippen LogP contribution in [0.4, 0.5) is 8.78 Å². The van der Waals surface area contributed by atoms with Gasteiger partial charge in [-0.15, -0.1) is 0 Å². The first-order chi connectivity index (χ1) is 11.3. The zero-order valence-corrected chi connectivity index (χ0v) is 13.7. The molecule has 3 unspecified atom stereocenters. The summed E-state index contributed by atoms with van der Waals surface area (Å²) in [5.74, 6) is -3.50.